The molecule has 1 heterocycles. The predicted molar refractivity (Wildman–Crippen MR) is 52.7 cm³/mol. The highest BCUT2D eigenvalue weighted by Gasteiger charge is 2.26. The molecule has 0 bridgehead atoms. The fourth-order valence-electron chi connectivity index (χ4n) is 1.80. The van der Waals surface area contributed by atoms with Gasteiger partial charge in [0.25, 0.3) is 0 Å². The zero-order valence-corrected chi connectivity index (χ0v) is 8.66. The van der Waals surface area contributed by atoms with Crippen molar-refractivity contribution in [1.82, 2.24) is 0 Å². The van der Waals surface area contributed by atoms with Crippen molar-refractivity contribution in [3.05, 3.63) is 0 Å². The van der Waals surface area contributed by atoms with Gasteiger partial charge in [0, 0.05) is 19.8 Å². The summed E-state index contributed by atoms with van der Waals surface area (Å²) in [6.07, 6.45) is 5.00. The molecule has 2 N–H and O–H groups in total. The van der Waals surface area contributed by atoms with Crippen LogP contribution in [0.1, 0.15) is 32.6 Å². The van der Waals surface area contributed by atoms with Gasteiger partial charge in [0.1, 0.15) is 0 Å². The Kier molecular flexibility index (Phi) is 4.70. The van der Waals surface area contributed by atoms with E-state index < -0.39 is 0 Å². The second-order valence-corrected chi connectivity index (χ2v) is 3.86. The summed E-state index contributed by atoms with van der Waals surface area (Å²) in [5.41, 5.74) is 6.00. The Morgan fingerprint density at radius 1 is 1.54 bits per heavy atom. The minimum absolute atomic E-state index is 0.195. The second kappa shape index (κ2) is 5.58. The molecule has 0 aromatic rings. The van der Waals surface area contributed by atoms with E-state index in [4.69, 9.17) is 15.2 Å². The first kappa shape index (κ1) is 11.0. The lowest BCUT2D eigenvalue weighted by Crippen LogP contribution is -2.34. The fourth-order valence-corrected chi connectivity index (χ4v) is 1.80. The van der Waals surface area contributed by atoms with Crippen LogP contribution in [0.25, 0.3) is 0 Å². The van der Waals surface area contributed by atoms with Crippen molar-refractivity contribution in [2.45, 2.75) is 50.9 Å². The molecular formula is C10H21NO2. The third-order valence-electron chi connectivity index (χ3n) is 2.63. The first-order valence-electron chi connectivity index (χ1n) is 5.14. The topological polar surface area (TPSA) is 44.5 Å². The van der Waals surface area contributed by atoms with Gasteiger partial charge in [0.05, 0.1) is 12.2 Å². The SMILES string of the molecule is COCCCC(N)C1CCC(C)O1. The van der Waals surface area contributed by atoms with Gasteiger partial charge in [-0.3, -0.25) is 0 Å². The predicted octanol–water partition coefficient (Wildman–Crippen LogP) is 1.31. The van der Waals surface area contributed by atoms with Crippen molar-refractivity contribution < 1.29 is 9.47 Å². The van der Waals surface area contributed by atoms with E-state index in [0.717, 1.165) is 32.3 Å². The molecule has 0 saturated carbocycles. The van der Waals surface area contributed by atoms with E-state index >= 15 is 0 Å². The zero-order chi connectivity index (χ0) is 9.68. The smallest absolute Gasteiger partial charge is 0.0730 e. The average Bonchev–Trinajstić information content (AvgIpc) is 2.52. The van der Waals surface area contributed by atoms with Crippen molar-refractivity contribution >= 4 is 0 Å². The van der Waals surface area contributed by atoms with Crippen LogP contribution in [-0.4, -0.2) is 32.0 Å². The molecule has 13 heavy (non-hydrogen) atoms. The quantitative estimate of drug-likeness (QED) is 0.660. The number of ether oxygens (including phenoxy) is 2. The maximum atomic E-state index is 6.00. The Labute approximate surface area is 80.6 Å². The van der Waals surface area contributed by atoms with Gasteiger partial charge in [-0.1, -0.05) is 0 Å². The highest BCUT2D eigenvalue weighted by molar-refractivity contribution is 4.80. The van der Waals surface area contributed by atoms with E-state index in [1.54, 1.807) is 7.11 Å². The Morgan fingerprint density at radius 2 is 2.31 bits per heavy atom. The Morgan fingerprint density at radius 3 is 2.85 bits per heavy atom. The first-order chi connectivity index (χ1) is 6.24. The number of nitrogens with two attached hydrogens (primary N) is 1. The Balaban J connectivity index is 2.12. The summed E-state index contributed by atoms with van der Waals surface area (Å²) in [6, 6.07) is 0.195. The molecule has 78 valence electrons. The minimum Gasteiger partial charge on any atom is -0.385 e. The van der Waals surface area contributed by atoms with Crippen LogP contribution < -0.4 is 5.73 Å². The summed E-state index contributed by atoms with van der Waals surface area (Å²) in [5, 5.41) is 0. The van der Waals surface area contributed by atoms with Crippen LogP contribution >= 0.6 is 0 Å². The van der Waals surface area contributed by atoms with Gasteiger partial charge in [-0.25, -0.2) is 0 Å². The van der Waals surface area contributed by atoms with Crippen molar-refractivity contribution in [2.75, 3.05) is 13.7 Å². The molecule has 3 nitrogen and oxygen atoms in total. The van der Waals surface area contributed by atoms with Crippen LogP contribution in [0, 0.1) is 0 Å². The van der Waals surface area contributed by atoms with Gasteiger partial charge >= 0.3 is 0 Å². The lowest BCUT2D eigenvalue weighted by atomic mass is 10.0. The van der Waals surface area contributed by atoms with Gasteiger partial charge in [-0.2, -0.15) is 0 Å². The summed E-state index contributed by atoms with van der Waals surface area (Å²) in [5.74, 6) is 0. The van der Waals surface area contributed by atoms with E-state index in [0.29, 0.717) is 6.10 Å². The van der Waals surface area contributed by atoms with E-state index in [2.05, 4.69) is 6.92 Å². The van der Waals surface area contributed by atoms with Crippen LogP contribution in [0.15, 0.2) is 0 Å². The fraction of sp³-hybridized carbons (Fsp3) is 1.00. The maximum absolute atomic E-state index is 6.00. The minimum atomic E-state index is 0.195. The molecule has 0 amide bonds. The van der Waals surface area contributed by atoms with Crippen LogP contribution in [0.3, 0.4) is 0 Å². The Hall–Kier alpha value is -0.120. The number of hydrogen-bond acceptors (Lipinski definition) is 3. The second-order valence-electron chi connectivity index (χ2n) is 3.86. The van der Waals surface area contributed by atoms with Crippen molar-refractivity contribution in [1.29, 1.82) is 0 Å². The highest BCUT2D eigenvalue weighted by Crippen LogP contribution is 2.22. The van der Waals surface area contributed by atoms with Gasteiger partial charge in [-0.15, -0.1) is 0 Å². The summed E-state index contributed by atoms with van der Waals surface area (Å²) in [7, 11) is 1.72. The third kappa shape index (κ3) is 3.63. The molecule has 1 fully saturated rings. The van der Waals surface area contributed by atoms with E-state index in [1.165, 1.54) is 0 Å². The molecule has 0 aromatic carbocycles. The van der Waals surface area contributed by atoms with Crippen molar-refractivity contribution in [3.63, 3.8) is 0 Å². The molecule has 1 aliphatic heterocycles. The third-order valence-corrected chi connectivity index (χ3v) is 2.63. The van der Waals surface area contributed by atoms with Crippen LogP contribution in [0.5, 0.6) is 0 Å². The van der Waals surface area contributed by atoms with E-state index in [1.807, 2.05) is 0 Å². The van der Waals surface area contributed by atoms with Crippen LogP contribution in [0.2, 0.25) is 0 Å². The van der Waals surface area contributed by atoms with Crippen LogP contribution in [0.4, 0.5) is 0 Å². The molecule has 1 aliphatic rings. The van der Waals surface area contributed by atoms with Gasteiger partial charge in [0.2, 0.25) is 0 Å². The van der Waals surface area contributed by atoms with Gasteiger partial charge < -0.3 is 15.2 Å². The van der Waals surface area contributed by atoms with Gasteiger partial charge in [-0.05, 0) is 32.6 Å². The summed E-state index contributed by atoms with van der Waals surface area (Å²) in [6.45, 7) is 2.91. The molecule has 1 saturated heterocycles. The van der Waals surface area contributed by atoms with Crippen molar-refractivity contribution in [3.8, 4) is 0 Å². The van der Waals surface area contributed by atoms with Gasteiger partial charge in [0.15, 0.2) is 0 Å². The monoisotopic (exact) mass is 187 g/mol. The van der Waals surface area contributed by atoms with Crippen LogP contribution in [-0.2, 0) is 9.47 Å². The van der Waals surface area contributed by atoms with Crippen molar-refractivity contribution in [2.24, 2.45) is 5.73 Å². The number of methoxy groups -OCH3 is 1. The normalized spacial score (nSPS) is 30.7. The average molecular weight is 187 g/mol. The Bertz CT molecular complexity index is 141. The molecule has 3 unspecified atom stereocenters. The molecule has 1 rings (SSSR count). The van der Waals surface area contributed by atoms with E-state index in [-0.39, 0.29) is 12.1 Å². The molecule has 0 radical (unpaired) electrons. The number of hydrogen-bond donors (Lipinski definition) is 1. The number of rotatable bonds is 5. The first-order valence-corrected chi connectivity index (χ1v) is 5.14. The lowest BCUT2D eigenvalue weighted by molar-refractivity contribution is 0.0368. The largest absolute Gasteiger partial charge is 0.385 e. The highest BCUT2D eigenvalue weighted by atomic mass is 16.5. The molecule has 3 heteroatoms. The maximum Gasteiger partial charge on any atom is 0.0730 e. The molecule has 3 atom stereocenters. The summed E-state index contributed by atoms with van der Waals surface area (Å²) in [4.78, 5) is 0. The zero-order valence-electron chi connectivity index (χ0n) is 8.66. The summed E-state index contributed by atoms with van der Waals surface area (Å²) >= 11 is 0. The molecule has 0 aliphatic carbocycles. The molecule has 0 spiro atoms. The summed E-state index contributed by atoms with van der Waals surface area (Å²) < 4.78 is 10.7. The standard InChI is InChI=1S/C10H21NO2/c1-8-5-6-10(13-8)9(11)4-3-7-12-2/h8-10H,3-7,11H2,1-2H3. The molecular weight excluding hydrogens is 166 g/mol. The van der Waals surface area contributed by atoms with E-state index in [9.17, 15) is 0 Å². The lowest BCUT2D eigenvalue weighted by Gasteiger charge is -2.18. The molecule has 0 aromatic heterocycles.